The number of para-hydroxylation sites is 1. The highest BCUT2D eigenvalue weighted by Crippen LogP contribution is 2.45. The van der Waals surface area contributed by atoms with Gasteiger partial charge in [-0.1, -0.05) is 18.9 Å². The van der Waals surface area contributed by atoms with E-state index >= 15 is 0 Å². The SMILES string of the molecule is Nc1cccc2c1NC(=O)C1(CCCC1)CS2(=O)=O. The highest BCUT2D eigenvalue weighted by atomic mass is 32.2. The Hall–Kier alpha value is -1.56. The van der Waals surface area contributed by atoms with Gasteiger partial charge < -0.3 is 11.1 Å². The molecule has 0 saturated heterocycles. The van der Waals surface area contributed by atoms with Gasteiger partial charge >= 0.3 is 0 Å². The van der Waals surface area contributed by atoms with Crippen molar-refractivity contribution in [2.24, 2.45) is 5.41 Å². The van der Waals surface area contributed by atoms with Gasteiger partial charge in [-0.25, -0.2) is 8.42 Å². The number of carbonyl (C=O) groups is 1. The molecule has 1 heterocycles. The number of sulfone groups is 1. The van der Waals surface area contributed by atoms with Gasteiger partial charge in [-0.15, -0.1) is 0 Å². The number of nitrogens with one attached hydrogen (secondary N) is 1. The van der Waals surface area contributed by atoms with Crippen LogP contribution in [0.5, 0.6) is 0 Å². The first-order valence-electron chi connectivity index (χ1n) is 6.37. The molecule has 1 aromatic carbocycles. The molecule has 102 valence electrons. The van der Waals surface area contributed by atoms with Crippen molar-refractivity contribution >= 4 is 27.1 Å². The maximum absolute atomic E-state index is 12.5. The Balaban J connectivity index is 2.19. The number of rotatable bonds is 0. The van der Waals surface area contributed by atoms with Gasteiger partial charge in [0.1, 0.15) is 0 Å². The summed E-state index contributed by atoms with van der Waals surface area (Å²) in [6.45, 7) is 0. The summed E-state index contributed by atoms with van der Waals surface area (Å²) in [5.74, 6) is -0.312. The van der Waals surface area contributed by atoms with Gasteiger partial charge in [0.15, 0.2) is 9.84 Å². The first-order valence-corrected chi connectivity index (χ1v) is 8.03. The van der Waals surface area contributed by atoms with Crippen LogP contribution >= 0.6 is 0 Å². The fraction of sp³-hybridized carbons (Fsp3) is 0.462. The molecule has 0 bridgehead atoms. The lowest BCUT2D eigenvalue weighted by Gasteiger charge is -2.24. The van der Waals surface area contributed by atoms with Crippen LogP contribution < -0.4 is 11.1 Å². The van der Waals surface area contributed by atoms with E-state index in [1.807, 2.05) is 0 Å². The van der Waals surface area contributed by atoms with Gasteiger partial charge in [-0.3, -0.25) is 4.79 Å². The van der Waals surface area contributed by atoms with Crippen molar-refractivity contribution in [1.29, 1.82) is 0 Å². The number of carbonyl (C=O) groups excluding carboxylic acids is 1. The molecule has 0 atom stereocenters. The number of hydrogen-bond acceptors (Lipinski definition) is 4. The number of hydrogen-bond donors (Lipinski definition) is 2. The molecular weight excluding hydrogens is 264 g/mol. The minimum absolute atomic E-state index is 0.109. The van der Waals surface area contributed by atoms with E-state index in [0.29, 0.717) is 18.5 Å². The molecule has 3 N–H and O–H groups in total. The third kappa shape index (κ3) is 1.82. The van der Waals surface area contributed by atoms with Gasteiger partial charge in [0.25, 0.3) is 0 Å². The van der Waals surface area contributed by atoms with Crippen molar-refractivity contribution in [3.63, 3.8) is 0 Å². The number of nitrogen functional groups attached to an aromatic ring is 1. The molecule has 0 radical (unpaired) electrons. The number of benzene rings is 1. The molecule has 1 saturated carbocycles. The Bertz CT molecular complexity index is 646. The first-order chi connectivity index (χ1) is 8.95. The van der Waals surface area contributed by atoms with E-state index < -0.39 is 15.3 Å². The Morgan fingerprint density at radius 2 is 1.89 bits per heavy atom. The quantitative estimate of drug-likeness (QED) is 0.706. The second kappa shape index (κ2) is 3.96. The standard InChI is InChI=1S/C13H16N2O3S/c14-9-4-3-5-10-11(9)15-12(16)13(6-1-2-7-13)8-19(10,17)18/h3-5H,1-2,6-8,14H2,(H,15,16). The van der Waals surface area contributed by atoms with E-state index in [0.717, 1.165) is 12.8 Å². The number of fused-ring (bicyclic) bond motifs is 1. The first kappa shape index (κ1) is 12.5. The van der Waals surface area contributed by atoms with Crippen LogP contribution in [0.1, 0.15) is 25.7 Å². The zero-order valence-electron chi connectivity index (χ0n) is 10.5. The summed E-state index contributed by atoms with van der Waals surface area (Å²) in [6.07, 6.45) is 3.06. The fourth-order valence-electron chi connectivity index (χ4n) is 3.12. The third-order valence-electron chi connectivity index (χ3n) is 4.14. The lowest BCUT2D eigenvalue weighted by Crippen LogP contribution is -2.37. The van der Waals surface area contributed by atoms with E-state index in [-0.39, 0.29) is 22.2 Å². The zero-order valence-corrected chi connectivity index (χ0v) is 11.3. The van der Waals surface area contributed by atoms with Crippen LogP contribution in [0.25, 0.3) is 0 Å². The number of anilines is 2. The van der Waals surface area contributed by atoms with Crippen molar-refractivity contribution in [3.8, 4) is 0 Å². The topological polar surface area (TPSA) is 89.3 Å². The monoisotopic (exact) mass is 280 g/mol. The average molecular weight is 280 g/mol. The summed E-state index contributed by atoms with van der Waals surface area (Å²) >= 11 is 0. The smallest absolute Gasteiger partial charge is 0.231 e. The predicted octanol–water partition coefficient (Wildman–Crippen LogP) is 1.56. The molecule has 1 fully saturated rings. The molecule has 3 rings (SSSR count). The average Bonchev–Trinajstić information content (AvgIpc) is 2.77. The van der Waals surface area contributed by atoms with E-state index in [4.69, 9.17) is 5.73 Å². The predicted molar refractivity (Wildman–Crippen MR) is 72.4 cm³/mol. The second-order valence-corrected chi connectivity index (χ2v) is 7.38. The molecule has 0 unspecified atom stereocenters. The lowest BCUT2D eigenvalue weighted by atomic mass is 9.87. The van der Waals surface area contributed by atoms with Crippen LogP contribution in [0.15, 0.2) is 23.1 Å². The van der Waals surface area contributed by atoms with Gasteiger partial charge in [0.2, 0.25) is 5.91 Å². The summed E-state index contributed by atoms with van der Waals surface area (Å²) in [6, 6.07) is 4.71. The van der Waals surface area contributed by atoms with Crippen molar-refractivity contribution in [1.82, 2.24) is 0 Å². The van der Waals surface area contributed by atoms with Crippen LogP contribution in [0.3, 0.4) is 0 Å². The van der Waals surface area contributed by atoms with Crippen LogP contribution in [0.2, 0.25) is 0 Å². The van der Waals surface area contributed by atoms with Gasteiger partial charge in [-0.2, -0.15) is 0 Å². The van der Waals surface area contributed by atoms with Crippen LogP contribution in [-0.2, 0) is 14.6 Å². The molecule has 1 amide bonds. The van der Waals surface area contributed by atoms with Crippen LogP contribution in [0, 0.1) is 5.41 Å². The minimum atomic E-state index is -3.49. The Kier molecular flexibility index (Phi) is 2.60. The van der Waals surface area contributed by atoms with E-state index in [9.17, 15) is 13.2 Å². The molecule has 1 spiro atoms. The van der Waals surface area contributed by atoms with Crippen LogP contribution in [-0.4, -0.2) is 20.1 Å². The highest BCUT2D eigenvalue weighted by Gasteiger charge is 2.47. The van der Waals surface area contributed by atoms with E-state index in [1.165, 1.54) is 6.07 Å². The molecule has 6 heteroatoms. The number of nitrogens with two attached hydrogens (primary N) is 1. The van der Waals surface area contributed by atoms with E-state index in [2.05, 4.69) is 5.32 Å². The summed E-state index contributed by atoms with van der Waals surface area (Å²) in [7, 11) is -3.49. The second-order valence-electron chi connectivity index (χ2n) is 5.42. The van der Waals surface area contributed by atoms with Crippen molar-refractivity contribution < 1.29 is 13.2 Å². The van der Waals surface area contributed by atoms with Crippen molar-refractivity contribution in [2.75, 3.05) is 16.8 Å². The van der Waals surface area contributed by atoms with Crippen molar-refractivity contribution in [2.45, 2.75) is 30.6 Å². The minimum Gasteiger partial charge on any atom is -0.397 e. The van der Waals surface area contributed by atoms with Gasteiger partial charge in [0, 0.05) is 0 Å². The Morgan fingerprint density at radius 1 is 1.21 bits per heavy atom. The van der Waals surface area contributed by atoms with Gasteiger partial charge in [0.05, 0.1) is 27.4 Å². The largest absolute Gasteiger partial charge is 0.397 e. The molecule has 1 aliphatic heterocycles. The molecule has 2 aliphatic rings. The fourth-order valence-corrected chi connectivity index (χ4v) is 5.19. The Morgan fingerprint density at radius 3 is 2.58 bits per heavy atom. The molecular formula is C13H16N2O3S. The summed E-state index contributed by atoms with van der Waals surface area (Å²) in [5, 5.41) is 2.74. The lowest BCUT2D eigenvalue weighted by molar-refractivity contribution is -0.124. The molecule has 19 heavy (non-hydrogen) atoms. The molecule has 5 nitrogen and oxygen atoms in total. The number of amides is 1. The molecule has 1 aliphatic carbocycles. The maximum Gasteiger partial charge on any atom is 0.231 e. The molecule has 1 aromatic rings. The summed E-state index contributed by atoms with van der Waals surface area (Å²) < 4.78 is 25.0. The van der Waals surface area contributed by atoms with Crippen LogP contribution in [0.4, 0.5) is 11.4 Å². The highest BCUT2D eigenvalue weighted by molar-refractivity contribution is 7.91. The summed E-state index contributed by atoms with van der Waals surface area (Å²) in [5.41, 5.74) is 5.57. The van der Waals surface area contributed by atoms with Crippen molar-refractivity contribution in [3.05, 3.63) is 18.2 Å². The summed E-state index contributed by atoms with van der Waals surface area (Å²) in [4.78, 5) is 12.6. The van der Waals surface area contributed by atoms with Gasteiger partial charge in [-0.05, 0) is 25.0 Å². The third-order valence-corrected chi connectivity index (χ3v) is 6.08. The zero-order chi connectivity index (χ0) is 13.7. The maximum atomic E-state index is 12.5. The van der Waals surface area contributed by atoms with E-state index in [1.54, 1.807) is 12.1 Å². The Labute approximate surface area is 112 Å². The molecule has 0 aromatic heterocycles. The normalized spacial score (nSPS) is 23.7.